The van der Waals surface area contributed by atoms with E-state index in [0.29, 0.717) is 5.75 Å². The summed E-state index contributed by atoms with van der Waals surface area (Å²) >= 11 is 0. The van der Waals surface area contributed by atoms with Crippen molar-refractivity contribution in [2.45, 2.75) is 32.2 Å². The second kappa shape index (κ2) is 3.98. The number of methoxy groups -OCH3 is 1. The molecule has 0 aliphatic carbocycles. The van der Waals surface area contributed by atoms with E-state index in [4.69, 9.17) is 4.74 Å². The number of benzene rings is 1. The van der Waals surface area contributed by atoms with Crippen LogP contribution >= 0.6 is 0 Å². The average molecular weight is 221 g/mol. The maximum Gasteiger partial charge on any atom is 0.165 e. The van der Waals surface area contributed by atoms with Gasteiger partial charge in [0.15, 0.2) is 11.5 Å². The second-order valence-corrected chi connectivity index (χ2v) is 4.67. The number of phenols is 1. The summed E-state index contributed by atoms with van der Waals surface area (Å²) < 4.78 is 5.34. The fourth-order valence-corrected chi connectivity index (χ4v) is 2.44. The number of hydrogen-bond acceptors (Lipinski definition) is 3. The number of hydrogen-bond donors (Lipinski definition) is 2. The zero-order valence-corrected chi connectivity index (χ0v) is 10.1. The molecule has 1 aliphatic rings. The molecule has 1 saturated heterocycles. The van der Waals surface area contributed by atoms with Gasteiger partial charge in [-0.25, -0.2) is 0 Å². The van der Waals surface area contributed by atoms with Crippen molar-refractivity contribution in [2.24, 2.45) is 0 Å². The highest BCUT2D eigenvalue weighted by atomic mass is 16.5. The summed E-state index contributed by atoms with van der Waals surface area (Å²) in [4.78, 5) is 0. The molecule has 0 spiro atoms. The molecular formula is C13H19NO2. The molecule has 1 aromatic carbocycles. The van der Waals surface area contributed by atoms with Gasteiger partial charge in [-0.05, 0) is 38.8 Å². The van der Waals surface area contributed by atoms with Gasteiger partial charge in [-0.3, -0.25) is 0 Å². The fraction of sp³-hybridized carbons (Fsp3) is 0.538. The van der Waals surface area contributed by atoms with Crippen molar-refractivity contribution < 1.29 is 9.84 Å². The molecule has 1 atom stereocenters. The molecule has 0 saturated carbocycles. The lowest BCUT2D eigenvalue weighted by Crippen LogP contribution is -2.33. The van der Waals surface area contributed by atoms with Crippen LogP contribution in [0.2, 0.25) is 0 Å². The third-order valence-corrected chi connectivity index (χ3v) is 3.50. The minimum Gasteiger partial charge on any atom is -0.504 e. The van der Waals surface area contributed by atoms with Gasteiger partial charge in [0.2, 0.25) is 0 Å². The first-order chi connectivity index (χ1) is 7.58. The Bertz CT molecular complexity index is 395. The average Bonchev–Trinajstić information content (AvgIpc) is 2.70. The third kappa shape index (κ3) is 1.65. The van der Waals surface area contributed by atoms with E-state index >= 15 is 0 Å². The molecule has 3 heteroatoms. The summed E-state index contributed by atoms with van der Waals surface area (Å²) in [5.41, 5.74) is 1.83. The monoisotopic (exact) mass is 221 g/mol. The van der Waals surface area contributed by atoms with Crippen LogP contribution in [-0.2, 0) is 5.54 Å². The van der Waals surface area contributed by atoms with Crippen LogP contribution in [0.1, 0.15) is 30.9 Å². The molecule has 0 amide bonds. The van der Waals surface area contributed by atoms with Crippen molar-refractivity contribution in [3.8, 4) is 11.5 Å². The molecule has 0 aromatic heterocycles. The number of rotatable bonds is 2. The molecule has 1 heterocycles. The molecule has 2 rings (SSSR count). The lowest BCUT2D eigenvalue weighted by molar-refractivity contribution is 0.343. The van der Waals surface area contributed by atoms with Gasteiger partial charge in [0.25, 0.3) is 0 Å². The summed E-state index contributed by atoms with van der Waals surface area (Å²) in [5.74, 6) is 0.867. The van der Waals surface area contributed by atoms with Crippen LogP contribution < -0.4 is 10.1 Å². The zero-order chi connectivity index (χ0) is 11.8. The van der Waals surface area contributed by atoms with E-state index in [0.717, 1.165) is 30.5 Å². The Labute approximate surface area is 96.4 Å². The van der Waals surface area contributed by atoms with E-state index in [1.807, 2.05) is 19.1 Å². The number of aromatic hydroxyl groups is 1. The van der Waals surface area contributed by atoms with E-state index in [1.54, 1.807) is 7.11 Å². The van der Waals surface area contributed by atoms with Crippen LogP contribution in [0, 0.1) is 6.92 Å². The van der Waals surface area contributed by atoms with Crippen LogP contribution in [-0.4, -0.2) is 18.8 Å². The Balaban J connectivity index is 2.52. The summed E-state index contributed by atoms with van der Waals surface area (Å²) in [7, 11) is 1.61. The largest absolute Gasteiger partial charge is 0.504 e. The van der Waals surface area contributed by atoms with Crippen LogP contribution in [0.25, 0.3) is 0 Å². The van der Waals surface area contributed by atoms with Crippen LogP contribution in [0.15, 0.2) is 12.1 Å². The smallest absolute Gasteiger partial charge is 0.165 e. The first-order valence-electron chi connectivity index (χ1n) is 5.70. The standard InChI is InChI=1S/C13H19NO2/c1-9-5-6-10(12(16-3)11(9)15)13(2)7-4-8-14-13/h5-6,14-15H,4,7-8H2,1-3H3. The molecule has 0 radical (unpaired) electrons. The van der Waals surface area contributed by atoms with Crippen LogP contribution in [0.4, 0.5) is 0 Å². The third-order valence-electron chi connectivity index (χ3n) is 3.50. The van der Waals surface area contributed by atoms with Gasteiger partial charge >= 0.3 is 0 Å². The maximum atomic E-state index is 10.0. The molecule has 1 aliphatic heterocycles. The first kappa shape index (κ1) is 11.3. The van der Waals surface area contributed by atoms with E-state index in [1.165, 1.54) is 0 Å². The van der Waals surface area contributed by atoms with E-state index in [9.17, 15) is 5.11 Å². The second-order valence-electron chi connectivity index (χ2n) is 4.67. The Morgan fingerprint density at radius 2 is 2.19 bits per heavy atom. The molecule has 1 fully saturated rings. The Kier molecular flexibility index (Phi) is 2.80. The van der Waals surface area contributed by atoms with Gasteiger partial charge in [0.1, 0.15) is 0 Å². The van der Waals surface area contributed by atoms with Crippen molar-refractivity contribution in [1.82, 2.24) is 5.32 Å². The normalized spacial score (nSPS) is 24.7. The Hall–Kier alpha value is -1.22. The minimum atomic E-state index is -0.0729. The van der Waals surface area contributed by atoms with Gasteiger partial charge < -0.3 is 15.2 Å². The fourth-order valence-electron chi connectivity index (χ4n) is 2.44. The lowest BCUT2D eigenvalue weighted by atomic mass is 9.88. The molecule has 88 valence electrons. The van der Waals surface area contributed by atoms with Crippen molar-refractivity contribution >= 4 is 0 Å². The molecule has 0 bridgehead atoms. The highest BCUT2D eigenvalue weighted by Crippen LogP contribution is 2.42. The lowest BCUT2D eigenvalue weighted by Gasteiger charge is -2.27. The molecular weight excluding hydrogens is 202 g/mol. The first-order valence-corrected chi connectivity index (χ1v) is 5.70. The van der Waals surface area contributed by atoms with E-state index < -0.39 is 0 Å². The predicted octanol–water partition coefficient (Wildman–Crippen LogP) is 2.31. The molecule has 1 unspecified atom stereocenters. The highest BCUT2D eigenvalue weighted by molar-refractivity contribution is 5.53. The quantitative estimate of drug-likeness (QED) is 0.805. The van der Waals surface area contributed by atoms with Crippen molar-refractivity contribution in [1.29, 1.82) is 0 Å². The van der Waals surface area contributed by atoms with Gasteiger partial charge in [-0.2, -0.15) is 0 Å². The van der Waals surface area contributed by atoms with Crippen molar-refractivity contribution in [2.75, 3.05) is 13.7 Å². The zero-order valence-electron chi connectivity index (χ0n) is 10.1. The molecule has 1 aromatic rings. The summed E-state index contributed by atoms with van der Waals surface area (Å²) in [6.07, 6.45) is 2.24. The number of phenolic OH excluding ortho intramolecular Hbond substituents is 1. The van der Waals surface area contributed by atoms with E-state index in [2.05, 4.69) is 12.2 Å². The summed E-state index contributed by atoms with van der Waals surface area (Å²) in [6.45, 7) is 5.06. The van der Waals surface area contributed by atoms with Gasteiger partial charge in [0.05, 0.1) is 7.11 Å². The van der Waals surface area contributed by atoms with Gasteiger partial charge in [-0.1, -0.05) is 12.1 Å². The number of nitrogens with one attached hydrogen (secondary N) is 1. The Morgan fingerprint density at radius 3 is 2.75 bits per heavy atom. The highest BCUT2D eigenvalue weighted by Gasteiger charge is 2.33. The van der Waals surface area contributed by atoms with Crippen LogP contribution in [0.3, 0.4) is 0 Å². The molecule has 3 nitrogen and oxygen atoms in total. The molecule has 16 heavy (non-hydrogen) atoms. The maximum absolute atomic E-state index is 10.0. The SMILES string of the molecule is COc1c(C2(C)CCCN2)ccc(C)c1O. The van der Waals surface area contributed by atoms with Crippen molar-refractivity contribution in [3.63, 3.8) is 0 Å². The topological polar surface area (TPSA) is 41.5 Å². The van der Waals surface area contributed by atoms with Gasteiger partial charge in [-0.15, -0.1) is 0 Å². The van der Waals surface area contributed by atoms with Crippen molar-refractivity contribution in [3.05, 3.63) is 23.3 Å². The minimum absolute atomic E-state index is 0.0729. The van der Waals surface area contributed by atoms with Crippen LogP contribution in [0.5, 0.6) is 11.5 Å². The summed E-state index contributed by atoms with van der Waals surface area (Å²) in [5, 5.41) is 13.5. The van der Waals surface area contributed by atoms with E-state index in [-0.39, 0.29) is 11.3 Å². The summed E-state index contributed by atoms with van der Waals surface area (Å²) in [6, 6.07) is 3.99. The Morgan fingerprint density at radius 1 is 1.44 bits per heavy atom. The molecule has 2 N–H and O–H groups in total. The predicted molar refractivity (Wildman–Crippen MR) is 64.0 cm³/mol. The number of aryl methyl sites for hydroxylation is 1. The van der Waals surface area contributed by atoms with Gasteiger partial charge in [0, 0.05) is 11.1 Å². The number of ether oxygens (including phenoxy) is 1.